The summed E-state index contributed by atoms with van der Waals surface area (Å²) in [6, 6.07) is 12.1. The van der Waals surface area contributed by atoms with Gasteiger partial charge in [-0.05, 0) is 49.2 Å². The number of ether oxygens (including phenoxy) is 1. The zero-order chi connectivity index (χ0) is 21.2. The van der Waals surface area contributed by atoms with Gasteiger partial charge in [0.2, 0.25) is 5.91 Å². The largest absolute Gasteiger partial charge is 0.497 e. The minimum absolute atomic E-state index is 0.0428. The van der Waals surface area contributed by atoms with E-state index in [2.05, 4.69) is 26.9 Å². The first-order valence-corrected chi connectivity index (χ1v) is 11.7. The summed E-state index contributed by atoms with van der Waals surface area (Å²) in [5.74, 6) is 1.20. The molecule has 2 saturated heterocycles. The van der Waals surface area contributed by atoms with Gasteiger partial charge in [-0.2, -0.15) is 0 Å². The van der Waals surface area contributed by atoms with Crippen LogP contribution in [0.1, 0.15) is 12.8 Å². The van der Waals surface area contributed by atoms with Crippen molar-refractivity contribution in [3.63, 3.8) is 0 Å². The van der Waals surface area contributed by atoms with Crippen molar-refractivity contribution in [3.8, 4) is 5.75 Å². The normalized spacial score (nSPS) is 19.6. The summed E-state index contributed by atoms with van der Waals surface area (Å²) in [5.41, 5.74) is 2.12. The third-order valence-corrected chi connectivity index (χ3v) is 7.27. The smallest absolute Gasteiger partial charge is 0.227 e. The number of methoxy groups -OCH3 is 1. The molecule has 2 aliphatic rings. The average molecular weight is 438 g/mol. The lowest BCUT2D eigenvalue weighted by molar-refractivity contribution is -0.136. The van der Waals surface area contributed by atoms with E-state index in [4.69, 9.17) is 9.72 Å². The summed E-state index contributed by atoms with van der Waals surface area (Å²) in [4.78, 5) is 30.0. The van der Waals surface area contributed by atoms with Gasteiger partial charge in [-0.3, -0.25) is 4.79 Å². The minimum atomic E-state index is 0.0428. The second-order valence-corrected chi connectivity index (χ2v) is 9.08. The maximum absolute atomic E-state index is 13.3. The van der Waals surface area contributed by atoms with E-state index < -0.39 is 0 Å². The van der Waals surface area contributed by atoms with E-state index in [0.717, 1.165) is 73.3 Å². The van der Waals surface area contributed by atoms with E-state index in [9.17, 15) is 4.79 Å². The lowest BCUT2D eigenvalue weighted by Gasteiger charge is -2.39. The Kier molecular flexibility index (Phi) is 5.63. The number of anilines is 2. The highest BCUT2D eigenvalue weighted by Crippen LogP contribution is 2.31. The number of aromatic nitrogens is 2. The molecule has 31 heavy (non-hydrogen) atoms. The van der Waals surface area contributed by atoms with E-state index in [1.165, 1.54) is 5.69 Å². The molecule has 2 aromatic heterocycles. The number of rotatable bonds is 4. The van der Waals surface area contributed by atoms with Gasteiger partial charge in [0.25, 0.3) is 0 Å². The van der Waals surface area contributed by atoms with Crippen LogP contribution in [-0.2, 0) is 4.79 Å². The van der Waals surface area contributed by atoms with Crippen LogP contribution < -0.4 is 14.5 Å². The zero-order valence-electron chi connectivity index (χ0n) is 17.7. The SMILES string of the molecule is COc1ccc(N2CCN(C(=O)C3CCCN(c4nc5cccnc5s4)C3)CC2)cc1. The van der Waals surface area contributed by atoms with Crippen LogP contribution in [0, 0.1) is 5.92 Å². The summed E-state index contributed by atoms with van der Waals surface area (Å²) in [5, 5.41) is 0.982. The summed E-state index contributed by atoms with van der Waals surface area (Å²) in [7, 11) is 1.68. The standard InChI is InChI=1S/C23H27N5O2S/c1-30-19-8-6-18(7-9-19)26-12-14-27(15-13-26)22(29)17-4-3-11-28(16-17)23-25-20-5-2-10-24-21(20)31-23/h2,5-10,17H,3-4,11-16H2,1H3. The third kappa shape index (κ3) is 4.17. The van der Waals surface area contributed by atoms with Gasteiger partial charge in [-0.1, -0.05) is 11.3 Å². The Morgan fingerprint density at radius 3 is 2.61 bits per heavy atom. The monoisotopic (exact) mass is 437 g/mol. The molecule has 8 heteroatoms. The topological polar surface area (TPSA) is 61.8 Å². The molecule has 0 bridgehead atoms. The second kappa shape index (κ2) is 8.70. The predicted octanol–water partition coefficient (Wildman–Crippen LogP) is 3.27. The lowest BCUT2D eigenvalue weighted by Crippen LogP contribution is -2.52. The van der Waals surface area contributed by atoms with Gasteiger partial charge in [0.05, 0.1) is 13.0 Å². The Morgan fingerprint density at radius 2 is 1.87 bits per heavy atom. The molecule has 7 nitrogen and oxygen atoms in total. The lowest BCUT2D eigenvalue weighted by atomic mass is 9.96. The van der Waals surface area contributed by atoms with Crippen LogP contribution in [0.5, 0.6) is 5.75 Å². The molecule has 2 aliphatic heterocycles. The molecule has 0 aliphatic carbocycles. The number of piperidine rings is 1. The Morgan fingerprint density at radius 1 is 1.06 bits per heavy atom. The van der Waals surface area contributed by atoms with Gasteiger partial charge in [-0.15, -0.1) is 0 Å². The molecule has 1 unspecified atom stereocenters. The van der Waals surface area contributed by atoms with Crippen LogP contribution in [0.3, 0.4) is 0 Å². The first-order chi connectivity index (χ1) is 15.2. The Balaban J connectivity index is 1.20. The molecule has 4 heterocycles. The number of thiazole rings is 1. The maximum Gasteiger partial charge on any atom is 0.227 e. The second-order valence-electron chi connectivity index (χ2n) is 8.12. The minimum Gasteiger partial charge on any atom is -0.497 e. The number of nitrogens with zero attached hydrogens (tertiary/aromatic N) is 5. The molecule has 3 aromatic rings. The molecule has 5 rings (SSSR count). The predicted molar refractivity (Wildman–Crippen MR) is 124 cm³/mol. The summed E-state index contributed by atoms with van der Waals surface area (Å²) in [6.45, 7) is 4.96. The first kappa shape index (κ1) is 20.1. The maximum atomic E-state index is 13.3. The van der Waals surface area contributed by atoms with E-state index in [1.807, 2.05) is 29.2 Å². The number of fused-ring (bicyclic) bond motifs is 1. The number of benzene rings is 1. The molecule has 0 saturated carbocycles. The van der Waals surface area contributed by atoms with Crippen molar-refractivity contribution >= 4 is 38.4 Å². The Hall–Kier alpha value is -2.87. The number of pyridine rings is 1. The van der Waals surface area contributed by atoms with Gasteiger partial charge >= 0.3 is 0 Å². The number of hydrogen-bond acceptors (Lipinski definition) is 7. The van der Waals surface area contributed by atoms with Gasteiger partial charge in [0, 0.05) is 51.2 Å². The van der Waals surface area contributed by atoms with Crippen molar-refractivity contribution in [1.82, 2.24) is 14.9 Å². The number of piperazine rings is 1. The summed E-state index contributed by atoms with van der Waals surface area (Å²) in [6.07, 6.45) is 3.78. The van der Waals surface area contributed by atoms with Gasteiger partial charge in [0.1, 0.15) is 16.1 Å². The average Bonchev–Trinajstić information content (AvgIpc) is 3.28. The third-order valence-electron chi connectivity index (χ3n) is 6.23. The fraction of sp³-hybridized carbons (Fsp3) is 0.435. The molecule has 0 radical (unpaired) electrons. The highest BCUT2D eigenvalue weighted by Gasteiger charge is 2.32. The van der Waals surface area contributed by atoms with Crippen LogP contribution in [0.2, 0.25) is 0 Å². The molecular formula is C23H27N5O2S. The van der Waals surface area contributed by atoms with E-state index in [-0.39, 0.29) is 5.92 Å². The molecule has 2 fully saturated rings. The van der Waals surface area contributed by atoms with Gasteiger partial charge in [0.15, 0.2) is 5.13 Å². The fourth-order valence-electron chi connectivity index (χ4n) is 4.48. The number of carbonyl (C=O) groups excluding carboxylic acids is 1. The molecule has 0 N–H and O–H groups in total. The number of hydrogen-bond donors (Lipinski definition) is 0. The molecule has 1 atom stereocenters. The van der Waals surface area contributed by atoms with Crippen molar-refractivity contribution in [2.24, 2.45) is 5.92 Å². The van der Waals surface area contributed by atoms with Crippen LogP contribution in [0.4, 0.5) is 10.8 Å². The van der Waals surface area contributed by atoms with Crippen LogP contribution in [0.25, 0.3) is 10.3 Å². The van der Waals surface area contributed by atoms with Crippen molar-refractivity contribution < 1.29 is 9.53 Å². The van der Waals surface area contributed by atoms with Crippen molar-refractivity contribution in [1.29, 1.82) is 0 Å². The van der Waals surface area contributed by atoms with Crippen LogP contribution in [-0.4, -0.2) is 67.2 Å². The van der Waals surface area contributed by atoms with Crippen molar-refractivity contribution in [2.75, 3.05) is 56.2 Å². The summed E-state index contributed by atoms with van der Waals surface area (Å²) < 4.78 is 5.25. The van der Waals surface area contributed by atoms with Gasteiger partial charge < -0.3 is 19.4 Å². The molecular weight excluding hydrogens is 410 g/mol. The molecule has 1 aromatic carbocycles. The van der Waals surface area contributed by atoms with E-state index >= 15 is 0 Å². The quantitative estimate of drug-likeness (QED) is 0.624. The molecule has 0 spiro atoms. The number of carbonyl (C=O) groups is 1. The molecule has 162 valence electrons. The fourth-order valence-corrected chi connectivity index (χ4v) is 5.43. The van der Waals surface area contributed by atoms with E-state index in [1.54, 1.807) is 24.6 Å². The highest BCUT2D eigenvalue weighted by molar-refractivity contribution is 7.21. The highest BCUT2D eigenvalue weighted by atomic mass is 32.1. The summed E-state index contributed by atoms with van der Waals surface area (Å²) >= 11 is 1.62. The number of amides is 1. The van der Waals surface area contributed by atoms with Gasteiger partial charge in [-0.25, -0.2) is 9.97 Å². The zero-order valence-corrected chi connectivity index (χ0v) is 18.6. The van der Waals surface area contributed by atoms with Crippen molar-refractivity contribution in [3.05, 3.63) is 42.6 Å². The Bertz CT molecular complexity index is 1010. The van der Waals surface area contributed by atoms with Crippen LogP contribution in [0.15, 0.2) is 42.6 Å². The van der Waals surface area contributed by atoms with E-state index in [0.29, 0.717) is 5.91 Å². The van der Waals surface area contributed by atoms with Crippen molar-refractivity contribution in [2.45, 2.75) is 12.8 Å². The molecule has 1 amide bonds. The van der Waals surface area contributed by atoms with Crippen LogP contribution >= 0.6 is 11.3 Å². The Labute approximate surface area is 186 Å². The first-order valence-electron chi connectivity index (χ1n) is 10.9.